The Morgan fingerprint density at radius 3 is 2.23 bits per heavy atom. The molecule has 1 heterocycles. The number of nitrogens with two attached hydrogens (primary N) is 1. The van der Waals surface area contributed by atoms with Gasteiger partial charge in [0.15, 0.2) is 5.69 Å². The fourth-order valence-electron chi connectivity index (χ4n) is 3.65. The van der Waals surface area contributed by atoms with Gasteiger partial charge in [-0.15, -0.1) is 0 Å². The molecule has 1 amide bonds. The fourth-order valence-corrected chi connectivity index (χ4v) is 3.65. The number of nitrogens with zero attached hydrogens (tertiary/aromatic N) is 2. The summed E-state index contributed by atoms with van der Waals surface area (Å²) in [5.41, 5.74) is 5.75. The molecule has 178 valence electrons. The number of nitrogen functional groups attached to an aromatic ring is 1. The number of halogens is 3. The number of nitrogens with one attached hydrogen (secondary N) is 1. The van der Waals surface area contributed by atoms with Crippen LogP contribution in [0.3, 0.4) is 0 Å². The molecule has 9 heteroatoms. The summed E-state index contributed by atoms with van der Waals surface area (Å²) in [5.74, 6) is -0.656. The molecule has 0 aliphatic carbocycles. The third kappa shape index (κ3) is 5.24. The number of benzene rings is 3. The van der Waals surface area contributed by atoms with Gasteiger partial charge in [-0.1, -0.05) is 48.5 Å². The van der Waals surface area contributed by atoms with E-state index in [2.05, 4.69) is 10.4 Å². The number of carbonyl (C=O) groups excluding carboxylic acids is 1. The van der Waals surface area contributed by atoms with E-state index in [1.54, 1.807) is 67.6 Å². The molecule has 1 aromatic heterocycles. The summed E-state index contributed by atoms with van der Waals surface area (Å²) < 4.78 is 40.8. The summed E-state index contributed by atoms with van der Waals surface area (Å²) in [4.78, 5) is 26.2. The lowest BCUT2D eigenvalue weighted by molar-refractivity contribution is -0.137. The van der Waals surface area contributed by atoms with Crippen molar-refractivity contribution in [2.24, 2.45) is 0 Å². The van der Waals surface area contributed by atoms with Gasteiger partial charge in [0.25, 0.3) is 11.5 Å². The van der Waals surface area contributed by atoms with Crippen LogP contribution in [0.1, 0.15) is 34.6 Å². The molecule has 0 saturated carbocycles. The third-order valence-electron chi connectivity index (χ3n) is 5.38. The van der Waals surface area contributed by atoms with Gasteiger partial charge in [0.2, 0.25) is 0 Å². The van der Waals surface area contributed by atoms with Crippen LogP contribution in [0.2, 0.25) is 0 Å². The maximum Gasteiger partial charge on any atom is 0.416 e. The van der Waals surface area contributed by atoms with Crippen LogP contribution in [-0.4, -0.2) is 15.7 Å². The Balaban J connectivity index is 1.76. The van der Waals surface area contributed by atoms with Crippen LogP contribution in [0.25, 0.3) is 16.8 Å². The summed E-state index contributed by atoms with van der Waals surface area (Å²) in [5, 5.41) is 7.01. The van der Waals surface area contributed by atoms with Crippen molar-refractivity contribution in [2.45, 2.75) is 19.1 Å². The molecule has 1 atom stereocenters. The Morgan fingerprint density at radius 2 is 1.60 bits per heavy atom. The van der Waals surface area contributed by atoms with Crippen molar-refractivity contribution in [3.8, 4) is 16.8 Å². The molecule has 4 aromatic rings. The lowest BCUT2D eigenvalue weighted by Gasteiger charge is -2.18. The van der Waals surface area contributed by atoms with Crippen LogP contribution < -0.4 is 16.6 Å². The molecule has 3 aromatic carbocycles. The van der Waals surface area contributed by atoms with Crippen molar-refractivity contribution in [3.63, 3.8) is 0 Å². The van der Waals surface area contributed by atoms with Crippen molar-refractivity contribution in [1.82, 2.24) is 15.1 Å². The van der Waals surface area contributed by atoms with Crippen molar-refractivity contribution < 1.29 is 18.0 Å². The highest BCUT2D eigenvalue weighted by Crippen LogP contribution is 2.33. The van der Waals surface area contributed by atoms with E-state index in [1.165, 1.54) is 12.1 Å². The van der Waals surface area contributed by atoms with E-state index in [0.29, 0.717) is 16.8 Å². The average molecular weight is 478 g/mol. The molecule has 0 fully saturated rings. The van der Waals surface area contributed by atoms with Crippen LogP contribution >= 0.6 is 0 Å². The Labute approximate surface area is 198 Å². The topological polar surface area (TPSA) is 90.0 Å². The minimum atomic E-state index is -4.58. The summed E-state index contributed by atoms with van der Waals surface area (Å²) in [6, 6.07) is 21.0. The number of rotatable bonds is 5. The van der Waals surface area contributed by atoms with Crippen LogP contribution in [0.5, 0.6) is 0 Å². The Hall–Kier alpha value is -4.40. The van der Waals surface area contributed by atoms with Crippen molar-refractivity contribution in [1.29, 1.82) is 0 Å². The molecular weight excluding hydrogens is 457 g/mol. The standard InChI is InChI=1S/C26H21F3N4O2/c1-16(18-12-19(26(27,28)29)14-20(30)13-18)31-25(35)24-22(17-8-4-2-5-9-17)15-23(34)33(32-24)21-10-6-3-7-11-21/h2-16H,30H2,1H3,(H,31,35)/t16-/m1/s1. The smallest absolute Gasteiger partial charge is 0.399 e. The Bertz CT molecular complexity index is 1420. The van der Waals surface area contributed by atoms with E-state index < -0.39 is 29.2 Å². The summed E-state index contributed by atoms with van der Waals surface area (Å²) >= 11 is 0. The monoisotopic (exact) mass is 478 g/mol. The number of hydrogen-bond donors (Lipinski definition) is 2. The van der Waals surface area contributed by atoms with Crippen molar-refractivity contribution in [2.75, 3.05) is 5.73 Å². The second-order valence-electron chi connectivity index (χ2n) is 7.94. The van der Waals surface area contributed by atoms with Crippen LogP contribution in [-0.2, 0) is 6.18 Å². The van der Waals surface area contributed by atoms with Gasteiger partial charge in [0.05, 0.1) is 17.3 Å². The van der Waals surface area contributed by atoms with Gasteiger partial charge in [-0.3, -0.25) is 9.59 Å². The molecule has 0 spiro atoms. The van der Waals surface area contributed by atoms with Crippen LogP contribution in [0.15, 0.2) is 89.7 Å². The fraction of sp³-hybridized carbons (Fsp3) is 0.115. The van der Waals surface area contributed by atoms with Gasteiger partial charge in [-0.05, 0) is 48.4 Å². The summed E-state index contributed by atoms with van der Waals surface area (Å²) in [6.07, 6.45) is -4.58. The van der Waals surface area contributed by atoms with E-state index in [4.69, 9.17) is 5.73 Å². The molecule has 0 bridgehead atoms. The molecule has 0 saturated heterocycles. The van der Waals surface area contributed by atoms with Crippen LogP contribution in [0.4, 0.5) is 18.9 Å². The molecule has 0 radical (unpaired) electrons. The van der Waals surface area contributed by atoms with Gasteiger partial charge < -0.3 is 11.1 Å². The highest BCUT2D eigenvalue weighted by atomic mass is 19.4. The molecule has 0 aliphatic rings. The number of anilines is 1. The lowest BCUT2D eigenvalue weighted by atomic mass is 10.0. The Kier molecular flexibility index (Phi) is 6.42. The molecule has 0 unspecified atom stereocenters. The second kappa shape index (κ2) is 9.46. The highest BCUT2D eigenvalue weighted by molar-refractivity contribution is 5.99. The van der Waals surface area contributed by atoms with E-state index in [0.717, 1.165) is 16.8 Å². The first-order valence-corrected chi connectivity index (χ1v) is 10.7. The minimum Gasteiger partial charge on any atom is -0.399 e. The van der Waals surface area contributed by atoms with E-state index in [9.17, 15) is 22.8 Å². The first-order valence-electron chi connectivity index (χ1n) is 10.7. The van der Waals surface area contributed by atoms with Crippen molar-refractivity contribution >= 4 is 11.6 Å². The predicted octanol–water partition coefficient (Wildman–Crippen LogP) is 4.99. The van der Waals surface area contributed by atoms with Gasteiger partial charge >= 0.3 is 6.18 Å². The molecule has 3 N–H and O–H groups in total. The Morgan fingerprint density at radius 1 is 0.971 bits per heavy atom. The molecule has 0 aliphatic heterocycles. The molecule has 6 nitrogen and oxygen atoms in total. The van der Waals surface area contributed by atoms with Gasteiger partial charge in [-0.2, -0.15) is 23.0 Å². The predicted molar refractivity (Wildman–Crippen MR) is 127 cm³/mol. The zero-order valence-electron chi connectivity index (χ0n) is 18.6. The maximum absolute atomic E-state index is 13.3. The van der Waals surface area contributed by atoms with Gasteiger partial charge in [0, 0.05) is 17.3 Å². The normalized spacial score (nSPS) is 12.2. The number of amides is 1. The van der Waals surface area contributed by atoms with E-state index in [-0.39, 0.29) is 16.9 Å². The number of carbonyl (C=O) groups is 1. The summed E-state index contributed by atoms with van der Waals surface area (Å²) in [7, 11) is 0. The number of hydrogen-bond acceptors (Lipinski definition) is 4. The van der Waals surface area contributed by atoms with Crippen LogP contribution in [0, 0.1) is 0 Å². The first-order chi connectivity index (χ1) is 16.6. The zero-order chi connectivity index (χ0) is 25.2. The van der Waals surface area contributed by atoms with Gasteiger partial charge in [0.1, 0.15) is 0 Å². The molecular formula is C26H21F3N4O2. The second-order valence-corrected chi connectivity index (χ2v) is 7.94. The number of para-hydroxylation sites is 1. The van der Waals surface area contributed by atoms with E-state index in [1.807, 2.05) is 0 Å². The number of alkyl halides is 3. The maximum atomic E-state index is 13.3. The summed E-state index contributed by atoms with van der Waals surface area (Å²) in [6.45, 7) is 1.54. The highest BCUT2D eigenvalue weighted by Gasteiger charge is 2.31. The molecule has 35 heavy (non-hydrogen) atoms. The minimum absolute atomic E-state index is 0.0496. The average Bonchev–Trinajstić information content (AvgIpc) is 2.84. The molecule has 4 rings (SSSR count). The first kappa shape index (κ1) is 23.7. The zero-order valence-corrected chi connectivity index (χ0v) is 18.6. The SMILES string of the molecule is C[C@@H](NC(=O)c1nn(-c2ccccc2)c(=O)cc1-c1ccccc1)c1cc(N)cc(C(F)(F)F)c1. The quantitative estimate of drug-likeness (QED) is 0.396. The largest absolute Gasteiger partial charge is 0.416 e. The third-order valence-corrected chi connectivity index (χ3v) is 5.38. The van der Waals surface area contributed by atoms with Gasteiger partial charge in [-0.25, -0.2) is 0 Å². The number of aromatic nitrogens is 2. The lowest BCUT2D eigenvalue weighted by Crippen LogP contribution is -2.32. The van der Waals surface area contributed by atoms with E-state index >= 15 is 0 Å². The van der Waals surface area contributed by atoms with Crippen molar-refractivity contribution in [3.05, 3.63) is 112 Å².